The van der Waals surface area contributed by atoms with Crippen LogP contribution in [0, 0.1) is 0 Å². The van der Waals surface area contributed by atoms with Gasteiger partial charge in [0.15, 0.2) is 0 Å². The molecule has 0 fully saturated rings. The average molecular weight is 384 g/mol. The predicted octanol–water partition coefficient (Wildman–Crippen LogP) is -2.07. The van der Waals surface area contributed by atoms with Crippen LogP contribution >= 0.6 is 16.4 Å². The molecule has 2 rings (SSSR count). The van der Waals surface area contributed by atoms with Crippen molar-refractivity contribution < 1.29 is 51.0 Å². The van der Waals surface area contributed by atoms with Gasteiger partial charge < -0.3 is 24.8 Å². The Bertz CT molecular complexity index is 310. The Morgan fingerprint density at radius 1 is 0.765 bits per heavy atom. The van der Waals surface area contributed by atoms with Crippen LogP contribution in [0.5, 0.6) is 0 Å². The molecule has 0 N–H and O–H groups in total. The second-order valence-electron chi connectivity index (χ2n) is 3.67. The maximum absolute atomic E-state index is 3.22. The van der Waals surface area contributed by atoms with Crippen LogP contribution in [-0.2, 0) is 26.2 Å². The fraction of sp³-hybridized carbons (Fsp3) is 0.500. The third-order valence-electron chi connectivity index (χ3n) is 2.41. The topological polar surface area (TPSA) is 0 Å². The standard InChI is InChI=1S/2C6H8P.2ClH.Zr/c2*1-5-3-7-4-6(5)2;;;/h2*3H2,1-2H3;2*1H;/q2*-1;;;+4/p-2. The molecule has 5 heteroatoms. The molecule has 0 saturated carbocycles. The summed E-state index contributed by atoms with van der Waals surface area (Å²) in [4.78, 5) is 0. The summed E-state index contributed by atoms with van der Waals surface area (Å²) in [6, 6.07) is 0. The Labute approximate surface area is 140 Å². The molecule has 0 atom stereocenters. The molecule has 17 heavy (non-hydrogen) atoms. The Kier molecular flexibility index (Phi) is 16.9. The van der Waals surface area contributed by atoms with E-state index in [2.05, 4.69) is 39.3 Å². The van der Waals surface area contributed by atoms with Crippen LogP contribution in [0.15, 0.2) is 22.3 Å². The van der Waals surface area contributed by atoms with Gasteiger partial charge in [-0.1, -0.05) is 26.2 Å². The molecule has 0 spiro atoms. The van der Waals surface area contributed by atoms with Gasteiger partial charge in [0.1, 0.15) is 0 Å². The molecule has 0 aromatic rings. The Morgan fingerprint density at radius 2 is 1.06 bits per heavy atom. The minimum atomic E-state index is 0. The minimum absolute atomic E-state index is 0. The maximum atomic E-state index is 3.22. The van der Waals surface area contributed by atoms with Crippen molar-refractivity contribution in [1.29, 1.82) is 0 Å². The number of hydrogen-bond donors (Lipinski definition) is 0. The second kappa shape index (κ2) is 12.3. The molecule has 2 aliphatic rings. The van der Waals surface area contributed by atoms with Gasteiger partial charge in [-0.25, -0.2) is 50.3 Å². The van der Waals surface area contributed by atoms with Crippen molar-refractivity contribution in [3.63, 3.8) is 0 Å². The molecule has 0 radical (unpaired) electrons. The largest absolute Gasteiger partial charge is 4.00 e. The van der Waals surface area contributed by atoms with Crippen molar-refractivity contribution >= 4 is 28.0 Å². The summed E-state index contributed by atoms with van der Waals surface area (Å²) < 4.78 is 0. The van der Waals surface area contributed by atoms with Gasteiger partial charge in [0.05, 0.1) is 0 Å². The zero-order valence-electron chi connectivity index (χ0n) is 10.6. The van der Waals surface area contributed by atoms with Crippen LogP contribution in [0.25, 0.3) is 0 Å². The normalized spacial score (nSPS) is 17.6. The van der Waals surface area contributed by atoms with Crippen molar-refractivity contribution in [3.05, 3.63) is 22.3 Å². The fourth-order valence-electron chi connectivity index (χ4n) is 0.981. The van der Waals surface area contributed by atoms with Crippen LogP contribution in [-0.4, -0.2) is 23.9 Å². The molecule has 0 aliphatic carbocycles. The van der Waals surface area contributed by atoms with Gasteiger partial charge in [0.2, 0.25) is 0 Å². The van der Waals surface area contributed by atoms with Crippen LogP contribution < -0.4 is 24.8 Å². The van der Waals surface area contributed by atoms with Gasteiger partial charge in [-0.3, -0.25) is 0 Å². The minimum Gasteiger partial charge on any atom is -1.00 e. The molecule has 0 unspecified atom stereocenters. The fourth-order valence-corrected chi connectivity index (χ4v) is 2.94. The van der Waals surface area contributed by atoms with E-state index in [9.17, 15) is 0 Å². The quantitative estimate of drug-likeness (QED) is 0.333. The number of halogens is 2. The molecular formula is C12H16Cl2P2Zr. The first-order valence-corrected chi connectivity index (χ1v) is 6.95. The Balaban J connectivity index is -0.000000196. The summed E-state index contributed by atoms with van der Waals surface area (Å²) in [6.07, 6.45) is 2.43. The van der Waals surface area contributed by atoms with E-state index in [-0.39, 0.29) is 51.0 Å². The molecular weight excluding hydrogens is 368 g/mol. The molecule has 92 valence electrons. The van der Waals surface area contributed by atoms with E-state index in [0.29, 0.717) is 0 Å². The molecule has 2 heterocycles. The summed E-state index contributed by atoms with van der Waals surface area (Å²) in [5.41, 5.74) is 5.73. The third-order valence-corrected chi connectivity index (χ3v) is 4.66. The van der Waals surface area contributed by atoms with Gasteiger partial charge in [-0.2, -0.15) is 0 Å². The van der Waals surface area contributed by atoms with E-state index >= 15 is 0 Å². The molecule has 0 nitrogen and oxygen atoms in total. The molecule has 0 amide bonds. The summed E-state index contributed by atoms with van der Waals surface area (Å²) >= 11 is 0. The third kappa shape index (κ3) is 8.91. The number of hydrogen-bond acceptors (Lipinski definition) is 0. The van der Waals surface area contributed by atoms with E-state index in [1.54, 1.807) is 0 Å². The van der Waals surface area contributed by atoms with Crippen molar-refractivity contribution in [2.75, 3.05) is 12.3 Å². The molecule has 2 aliphatic heterocycles. The molecule has 0 saturated heterocycles. The predicted molar refractivity (Wildman–Crippen MR) is 70.3 cm³/mol. The van der Waals surface area contributed by atoms with E-state index in [1.807, 2.05) is 0 Å². The van der Waals surface area contributed by atoms with Crippen molar-refractivity contribution in [1.82, 2.24) is 0 Å². The van der Waals surface area contributed by atoms with Crippen LogP contribution in [0.2, 0.25) is 0 Å². The first-order chi connectivity index (χ1) is 6.61. The SMILES string of the molecule is CC1=C(C)CP=[C-]1.CC1=C(C)CP=[C-]1.[Cl-].[Cl-].[Zr+4]. The summed E-state index contributed by atoms with van der Waals surface area (Å²) in [7, 11) is 2.71. The summed E-state index contributed by atoms with van der Waals surface area (Å²) in [5, 5.41) is 0. The van der Waals surface area contributed by atoms with Crippen molar-refractivity contribution in [2.24, 2.45) is 0 Å². The first kappa shape index (κ1) is 23.4. The van der Waals surface area contributed by atoms with E-state index in [4.69, 9.17) is 0 Å². The zero-order valence-corrected chi connectivity index (χ0v) is 16.3. The van der Waals surface area contributed by atoms with Crippen LogP contribution in [0.1, 0.15) is 27.7 Å². The van der Waals surface area contributed by atoms with Crippen molar-refractivity contribution in [3.8, 4) is 0 Å². The summed E-state index contributed by atoms with van der Waals surface area (Å²) in [6.45, 7) is 8.58. The molecule has 0 aromatic carbocycles. The maximum Gasteiger partial charge on any atom is 4.00 e. The number of rotatable bonds is 0. The van der Waals surface area contributed by atoms with Gasteiger partial charge in [-0.05, 0) is 0 Å². The van der Waals surface area contributed by atoms with Gasteiger partial charge in [-0.15, -0.1) is 13.8 Å². The average Bonchev–Trinajstić information content (AvgIpc) is 2.67. The van der Waals surface area contributed by atoms with Crippen LogP contribution in [0.4, 0.5) is 0 Å². The van der Waals surface area contributed by atoms with Crippen molar-refractivity contribution in [2.45, 2.75) is 27.7 Å². The number of allylic oxidation sites excluding steroid dienone is 4. The van der Waals surface area contributed by atoms with Gasteiger partial charge >= 0.3 is 26.2 Å². The van der Waals surface area contributed by atoms with E-state index in [0.717, 1.165) is 0 Å². The smallest absolute Gasteiger partial charge is 1.00 e. The van der Waals surface area contributed by atoms with Crippen LogP contribution in [0.3, 0.4) is 0 Å². The second-order valence-corrected chi connectivity index (χ2v) is 5.38. The Hall–Kier alpha value is 1.28. The monoisotopic (exact) mass is 382 g/mol. The van der Waals surface area contributed by atoms with E-state index < -0.39 is 0 Å². The molecule has 0 aromatic heterocycles. The Morgan fingerprint density at radius 3 is 1.12 bits per heavy atom. The summed E-state index contributed by atoms with van der Waals surface area (Å²) in [5.74, 6) is 6.44. The zero-order chi connectivity index (χ0) is 10.6. The molecule has 0 bridgehead atoms. The van der Waals surface area contributed by atoms with E-state index in [1.165, 1.54) is 51.0 Å². The van der Waals surface area contributed by atoms with Gasteiger partial charge in [0, 0.05) is 0 Å². The first-order valence-electron chi connectivity index (χ1n) is 4.79. The van der Waals surface area contributed by atoms with Gasteiger partial charge in [0.25, 0.3) is 0 Å².